The van der Waals surface area contributed by atoms with Crippen molar-refractivity contribution in [2.24, 2.45) is 0 Å². The first-order chi connectivity index (χ1) is 4.33. The van der Waals surface area contributed by atoms with Crippen LogP contribution >= 0.6 is 0 Å². The van der Waals surface area contributed by atoms with Gasteiger partial charge in [0, 0.05) is 19.5 Å². The van der Waals surface area contributed by atoms with Crippen LogP contribution in [-0.4, -0.2) is 24.0 Å². The molecule has 0 radical (unpaired) electrons. The second-order valence-corrected chi connectivity index (χ2v) is 2.27. The van der Waals surface area contributed by atoms with Crippen molar-refractivity contribution in [2.75, 3.05) is 13.1 Å². The van der Waals surface area contributed by atoms with Gasteiger partial charge in [-0.25, -0.2) is 5.01 Å². The van der Waals surface area contributed by atoms with E-state index in [-0.39, 0.29) is 5.91 Å². The molecule has 1 fully saturated rings. The molecule has 0 spiro atoms. The third kappa shape index (κ3) is 1.68. The van der Waals surface area contributed by atoms with Crippen molar-refractivity contribution >= 4 is 5.91 Å². The highest BCUT2D eigenvalue weighted by Crippen LogP contribution is 1.97. The van der Waals surface area contributed by atoms with Gasteiger partial charge in [-0.3, -0.25) is 10.2 Å². The van der Waals surface area contributed by atoms with E-state index in [1.165, 1.54) is 0 Å². The number of hydrogen-bond acceptors (Lipinski definition) is 2. The summed E-state index contributed by atoms with van der Waals surface area (Å²) >= 11 is 0. The number of amides is 1. The highest BCUT2D eigenvalue weighted by Gasteiger charge is 2.15. The van der Waals surface area contributed by atoms with Gasteiger partial charge in [-0.2, -0.15) is 0 Å². The van der Waals surface area contributed by atoms with Crippen LogP contribution in [-0.2, 0) is 4.79 Å². The minimum Gasteiger partial charge on any atom is -0.289 e. The van der Waals surface area contributed by atoms with Crippen LogP contribution in [0.3, 0.4) is 0 Å². The van der Waals surface area contributed by atoms with Crippen molar-refractivity contribution in [1.29, 1.82) is 0 Å². The highest BCUT2D eigenvalue weighted by molar-refractivity contribution is 5.77. The molecule has 1 amide bonds. The summed E-state index contributed by atoms with van der Waals surface area (Å²) in [5.41, 5.74) is 2.75. The highest BCUT2D eigenvalue weighted by atomic mass is 16.2. The van der Waals surface area contributed by atoms with Crippen molar-refractivity contribution in [1.82, 2.24) is 10.4 Å². The lowest BCUT2D eigenvalue weighted by molar-refractivity contribution is -0.121. The minimum absolute atomic E-state index is 0.156. The van der Waals surface area contributed by atoms with E-state index >= 15 is 0 Å². The van der Waals surface area contributed by atoms with Crippen LogP contribution in [0.4, 0.5) is 0 Å². The van der Waals surface area contributed by atoms with E-state index in [1.807, 2.05) is 5.01 Å². The molecule has 0 aromatic heterocycles. The lowest BCUT2D eigenvalue weighted by atomic mass is 10.4. The van der Waals surface area contributed by atoms with Gasteiger partial charge in [-0.1, -0.05) is 6.92 Å². The maximum Gasteiger partial charge on any atom is 0.235 e. The van der Waals surface area contributed by atoms with Crippen molar-refractivity contribution in [3.8, 4) is 0 Å². The van der Waals surface area contributed by atoms with E-state index < -0.39 is 0 Å². The average molecular weight is 128 g/mol. The first kappa shape index (κ1) is 6.55. The molecule has 3 nitrogen and oxygen atoms in total. The van der Waals surface area contributed by atoms with Gasteiger partial charge >= 0.3 is 0 Å². The number of rotatable bonds is 2. The first-order valence-electron chi connectivity index (χ1n) is 3.37. The number of hydrogen-bond donors (Lipinski definition) is 1. The molecule has 52 valence electrons. The number of nitrogens with one attached hydrogen (secondary N) is 1. The lowest BCUT2D eigenvalue weighted by Crippen LogP contribution is -2.33. The van der Waals surface area contributed by atoms with Crippen molar-refractivity contribution in [3.05, 3.63) is 0 Å². The number of nitrogens with zero attached hydrogens (tertiary/aromatic N) is 1. The Hall–Kier alpha value is -0.570. The lowest BCUT2D eigenvalue weighted by Gasteiger charge is -2.11. The molecular formula is C6H12N2O. The fraction of sp³-hybridized carbons (Fsp3) is 0.833. The van der Waals surface area contributed by atoms with Crippen LogP contribution in [0.15, 0.2) is 0 Å². The summed E-state index contributed by atoms with van der Waals surface area (Å²) in [6, 6.07) is 0. The van der Waals surface area contributed by atoms with Gasteiger partial charge in [0.05, 0.1) is 0 Å². The van der Waals surface area contributed by atoms with E-state index in [0.717, 1.165) is 19.5 Å². The van der Waals surface area contributed by atoms with Crippen LogP contribution in [0, 0.1) is 0 Å². The normalized spacial score (nSPS) is 20.3. The smallest absolute Gasteiger partial charge is 0.235 e. The summed E-state index contributed by atoms with van der Waals surface area (Å²) in [5.74, 6) is 0.156. The Morgan fingerprint density at radius 2 is 2.56 bits per heavy atom. The van der Waals surface area contributed by atoms with E-state index in [2.05, 4.69) is 12.3 Å². The summed E-state index contributed by atoms with van der Waals surface area (Å²) in [7, 11) is 0. The Balaban J connectivity index is 2.22. The molecule has 0 aliphatic carbocycles. The zero-order chi connectivity index (χ0) is 6.69. The van der Waals surface area contributed by atoms with Gasteiger partial charge in [0.1, 0.15) is 0 Å². The molecule has 0 aromatic rings. The van der Waals surface area contributed by atoms with Crippen molar-refractivity contribution < 1.29 is 4.79 Å². The SMILES string of the molecule is CCCN1CCC(=O)N1. The average Bonchev–Trinajstić information content (AvgIpc) is 2.17. The Morgan fingerprint density at radius 3 is 3.00 bits per heavy atom. The van der Waals surface area contributed by atoms with Gasteiger partial charge in [-0.15, -0.1) is 0 Å². The van der Waals surface area contributed by atoms with E-state index in [4.69, 9.17) is 0 Å². The quantitative estimate of drug-likeness (QED) is 0.573. The third-order valence-corrected chi connectivity index (χ3v) is 1.39. The van der Waals surface area contributed by atoms with Crippen molar-refractivity contribution in [2.45, 2.75) is 19.8 Å². The maximum atomic E-state index is 10.6. The largest absolute Gasteiger partial charge is 0.289 e. The summed E-state index contributed by atoms with van der Waals surface area (Å²) in [6.45, 7) is 3.96. The molecule has 1 N–H and O–H groups in total. The van der Waals surface area contributed by atoms with Gasteiger partial charge in [-0.05, 0) is 6.42 Å². The molecule has 3 heteroatoms. The van der Waals surface area contributed by atoms with E-state index in [9.17, 15) is 4.79 Å². The Kier molecular flexibility index (Phi) is 2.05. The predicted octanol–water partition coefficient (Wildman–Crippen LogP) is 0.133. The van der Waals surface area contributed by atoms with Crippen LogP contribution in [0.1, 0.15) is 19.8 Å². The zero-order valence-corrected chi connectivity index (χ0v) is 5.68. The fourth-order valence-corrected chi connectivity index (χ4v) is 0.962. The molecule has 1 saturated heterocycles. The van der Waals surface area contributed by atoms with Gasteiger partial charge in [0.25, 0.3) is 0 Å². The zero-order valence-electron chi connectivity index (χ0n) is 5.68. The Bertz CT molecular complexity index is 114. The topological polar surface area (TPSA) is 32.3 Å². The molecule has 1 aliphatic heterocycles. The standard InChI is InChI=1S/C6H12N2O/c1-2-4-8-5-3-6(9)7-8/h2-5H2,1H3,(H,7,9). The summed E-state index contributed by atoms with van der Waals surface area (Å²) in [4.78, 5) is 10.6. The minimum atomic E-state index is 0.156. The van der Waals surface area contributed by atoms with E-state index in [0.29, 0.717) is 6.42 Å². The third-order valence-electron chi connectivity index (χ3n) is 1.39. The summed E-state index contributed by atoms with van der Waals surface area (Å²) in [6.07, 6.45) is 1.76. The molecule has 0 atom stereocenters. The van der Waals surface area contributed by atoms with Crippen LogP contribution < -0.4 is 5.43 Å². The monoisotopic (exact) mass is 128 g/mol. The molecular weight excluding hydrogens is 116 g/mol. The van der Waals surface area contributed by atoms with E-state index in [1.54, 1.807) is 0 Å². The molecule has 0 bridgehead atoms. The summed E-state index contributed by atoms with van der Waals surface area (Å²) in [5, 5.41) is 1.96. The van der Waals surface area contributed by atoms with Crippen molar-refractivity contribution in [3.63, 3.8) is 0 Å². The van der Waals surface area contributed by atoms with Gasteiger partial charge in [0.2, 0.25) is 5.91 Å². The van der Waals surface area contributed by atoms with Crippen LogP contribution in [0.25, 0.3) is 0 Å². The molecule has 1 heterocycles. The Morgan fingerprint density at radius 1 is 1.78 bits per heavy atom. The van der Waals surface area contributed by atoms with Gasteiger partial charge in [0.15, 0.2) is 0 Å². The molecule has 0 aromatic carbocycles. The fourth-order valence-electron chi connectivity index (χ4n) is 0.962. The molecule has 1 rings (SSSR count). The molecule has 9 heavy (non-hydrogen) atoms. The van der Waals surface area contributed by atoms with Crippen LogP contribution in [0.5, 0.6) is 0 Å². The molecule has 0 unspecified atom stereocenters. The Labute approximate surface area is 55.0 Å². The van der Waals surface area contributed by atoms with Crippen LogP contribution in [0.2, 0.25) is 0 Å². The maximum absolute atomic E-state index is 10.6. The molecule has 0 saturated carbocycles. The predicted molar refractivity (Wildman–Crippen MR) is 34.6 cm³/mol. The number of carbonyl (C=O) groups excluding carboxylic acids is 1. The second kappa shape index (κ2) is 2.82. The number of carbonyl (C=O) groups is 1. The second-order valence-electron chi connectivity index (χ2n) is 2.27. The summed E-state index contributed by atoms with van der Waals surface area (Å²) < 4.78 is 0. The van der Waals surface area contributed by atoms with Gasteiger partial charge < -0.3 is 0 Å². The molecule has 1 aliphatic rings. The number of hydrazine groups is 1. The first-order valence-corrected chi connectivity index (χ1v) is 3.37.